The summed E-state index contributed by atoms with van der Waals surface area (Å²) in [7, 11) is 0. The average molecular weight is 310 g/mol. The van der Waals surface area contributed by atoms with Crippen LogP contribution in [-0.4, -0.2) is 25.0 Å². The summed E-state index contributed by atoms with van der Waals surface area (Å²) in [6.45, 7) is 4.55. The zero-order valence-corrected chi connectivity index (χ0v) is 13.1. The van der Waals surface area contributed by atoms with Crippen molar-refractivity contribution >= 4 is 23.5 Å². The highest BCUT2D eigenvalue weighted by molar-refractivity contribution is 6.30. The second-order valence-electron chi connectivity index (χ2n) is 5.26. The Labute approximate surface area is 129 Å². The molecule has 0 radical (unpaired) electrons. The van der Waals surface area contributed by atoms with Crippen molar-refractivity contribution in [2.24, 2.45) is 5.41 Å². The largest absolute Gasteiger partial charge is 0.465 e. The Kier molecular flexibility index (Phi) is 4.88. The first-order chi connectivity index (χ1) is 10.1. The normalized spacial score (nSPS) is 23.5. The third-order valence-corrected chi connectivity index (χ3v) is 4.07. The molecule has 2 rings (SSSR count). The van der Waals surface area contributed by atoms with Crippen molar-refractivity contribution < 1.29 is 14.3 Å². The SMILES string of the molecule is CCCNC(=O)C1(C(=O)OCC)CC1c1ccc(Cl)cc1. The predicted octanol–water partition coefficient (Wildman–Crippen LogP) is 2.90. The molecule has 0 aromatic heterocycles. The second-order valence-corrected chi connectivity index (χ2v) is 5.69. The maximum absolute atomic E-state index is 12.4. The van der Waals surface area contributed by atoms with E-state index in [2.05, 4.69) is 5.32 Å². The monoisotopic (exact) mass is 309 g/mol. The number of esters is 1. The van der Waals surface area contributed by atoms with Crippen molar-refractivity contribution in [1.82, 2.24) is 5.32 Å². The van der Waals surface area contributed by atoms with Crippen LogP contribution in [-0.2, 0) is 14.3 Å². The van der Waals surface area contributed by atoms with Gasteiger partial charge in [-0.2, -0.15) is 0 Å². The van der Waals surface area contributed by atoms with E-state index >= 15 is 0 Å². The van der Waals surface area contributed by atoms with Crippen molar-refractivity contribution in [2.45, 2.75) is 32.6 Å². The molecule has 0 saturated heterocycles. The van der Waals surface area contributed by atoms with Crippen LogP contribution in [0.1, 0.15) is 38.2 Å². The number of carbonyl (C=O) groups is 2. The Morgan fingerprint density at radius 1 is 1.33 bits per heavy atom. The highest BCUT2D eigenvalue weighted by Crippen LogP contribution is 2.60. The Balaban J connectivity index is 2.22. The minimum absolute atomic E-state index is 0.134. The molecule has 21 heavy (non-hydrogen) atoms. The molecule has 114 valence electrons. The summed E-state index contributed by atoms with van der Waals surface area (Å²) < 4.78 is 5.12. The fourth-order valence-electron chi connectivity index (χ4n) is 2.59. The fourth-order valence-corrected chi connectivity index (χ4v) is 2.71. The highest BCUT2D eigenvalue weighted by atomic mass is 35.5. The van der Waals surface area contributed by atoms with Gasteiger partial charge in [-0.3, -0.25) is 9.59 Å². The van der Waals surface area contributed by atoms with Gasteiger partial charge in [0, 0.05) is 17.5 Å². The number of nitrogens with one attached hydrogen (secondary N) is 1. The van der Waals surface area contributed by atoms with Gasteiger partial charge in [0.1, 0.15) is 0 Å². The molecule has 1 aliphatic carbocycles. The lowest BCUT2D eigenvalue weighted by atomic mass is 9.98. The summed E-state index contributed by atoms with van der Waals surface area (Å²) in [6.07, 6.45) is 1.32. The first kappa shape index (κ1) is 15.8. The van der Waals surface area contributed by atoms with E-state index in [4.69, 9.17) is 16.3 Å². The molecule has 1 aromatic rings. The standard InChI is InChI=1S/C16H20ClNO3/c1-3-9-18-14(19)16(15(20)21-4-2)10-13(16)11-5-7-12(17)8-6-11/h5-8,13H,3-4,9-10H2,1-2H3,(H,18,19). The van der Waals surface area contributed by atoms with Crippen LogP contribution in [0.3, 0.4) is 0 Å². The molecule has 1 aliphatic rings. The quantitative estimate of drug-likeness (QED) is 0.649. The Morgan fingerprint density at radius 2 is 2.00 bits per heavy atom. The van der Waals surface area contributed by atoms with E-state index in [0.717, 1.165) is 12.0 Å². The number of ether oxygens (including phenoxy) is 1. The average Bonchev–Trinajstić information content (AvgIpc) is 3.22. The van der Waals surface area contributed by atoms with E-state index in [-0.39, 0.29) is 18.4 Å². The smallest absolute Gasteiger partial charge is 0.322 e. The van der Waals surface area contributed by atoms with Gasteiger partial charge in [-0.25, -0.2) is 0 Å². The number of amides is 1. The Hall–Kier alpha value is -1.55. The maximum atomic E-state index is 12.4. The number of halogens is 1. The van der Waals surface area contributed by atoms with Crippen molar-refractivity contribution in [3.8, 4) is 0 Å². The molecule has 1 N–H and O–H groups in total. The van der Waals surface area contributed by atoms with E-state index in [0.29, 0.717) is 18.0 Å². The third kappa shape index (κ3) is 3.05. The predicted molar refractivity (Wildman–Crippen MR) is 81.2 cm³/mol. The van der Waals surface area contributed by atoms with Gasteiger partial charge < -0.3 is 10.1 Å². The summed E-state index contributed by atoms with van der Waals surface area (Å²) in [5.74, 6) is -0.799. The van der Waals surface area contributed by atoms with Crippen LogP contribution >= 0.6 is 11.6 Å². The van der Waals surface area contributed by atoms with Gasteiger partial charge in [0.25, 0.3) is 0 Å². The summed E-state index contributed by atoms with van der Waals surface area (Å²) in [6, 6.07) is 7.27. The van der Waals surface area contributed by atoms with E-state index in [1.807, 2.05) is 19.1 Å². The lowest BCUT2D eigenvalue weighted by Crippen LogP contribution is -2.39. The number of carbonyl (C=O) groups excluding carboxylic acids is 2. The fraction of sp³-hybridized carbons (Fsp3) is 0.500. The van der Waals surface area contributed by atoms with Crippen molar-refractivity contribution in [2.75, 3.05) is 13.2 Å². The van der Waals surface area contributed by atoms with Gasteiger partial charge in [0.2, 0.25) is 5.91 Å². The van der Waals surface area contributed by atoms with Crippen LogP contribution in [0.5, 0.6) is 0 Å². The molecule has 0 spiro atoms. The van der Waals surface area contributed by atoms with Gasteiger partial charge in [0.15, 0.2) is 5.41 Å². The molecule has 5 heteroatoms. The molecule has 0 bridgehead atoms. The zero-order chi connectivity index (χ0) is 15.5. The molecule has 0 heterocycles. The van der Waals surface area contributed by atoms with Crippen LogP contribution in [0.15, 0.2) is 24.3 Å². The highest BCUT2D eigenvalue weighted by Gasteiger charge is 2.67. The molecule has 1 saturated carbocycles. The first-order valence-corrected chi connectivity index (χ1v) is 7.65. The maximum Gasteiger partial charge on any atom is 0.322 e. The van der Waals surface area contributed by atoms with E-state index < -0.39 is 11.4 Å². The molecule has 4 nitrogen and oxygen atoms in total. The summed E-state index contributed by atoms with van der Waals surface area (Å²) in [5.41, 5.74) is -0.127. The van der Waals surface area contributed by atoms with E-state index in [1.165, 1.54) is 0 Å². The molecule has 2 unspecified atom stereocenters. The van der Waals surface area contributed by atoms with Crippen molar-refractivity contribution in [3.63, 3.8) is 0 Å². The number of rotatable bonds is 6. The van der Waals surface area contributed by atoms with Crippen LogP contribution < -0.4 is 5.32 Å². The van der Waals surface area contributed by atoms with Crippen molar-refractivity contribution in [1.29, 1.82) is 0 Å². The molecule has 1 amide bonds. The molecule has 1 aromatic carbocycles. The lowest BCUT2D eigenvalue weighted by molar-refractivity contribution is -0.154. The summed E-state index contributed by atoms with van der Waals surface area (Å²) in [4.78, 5) is 24.7. The number of benzene rings is 1. The molecular weight excluding hydrogens is 290 g/mol. The molecular formula is C16H20ClNO3. The van der Waals surface area contributed by atoms with Gasteiger partial charge >= 0.3 is 5.97 Å². The topological polar surface area (TPSA) is 55.4 Å². The minimum atomic E-state index is -1.07. The van der Waals surface area contributed by atoms with Gasteiger partial charge in [-0.05, 0) is 37.5 Å². The molecule has 2 atom stereocenters. The van der Waals surface area contributed by atoms with Gasteiger partial charge in [-0.15, -0.1) is 0 Å². The van der Waals surface area contributed by atoms with Crippen LogP contribution in [0, 0.1) is 5.41 Å². The van der Waals surface area contributed by atoms with Crippen molar-refractivity contribution in [3.05, 3.63) is 34.9 Å². The van der Waals surface area contributed by atoms with Crippen LogP contribution in [0.4, 0.5) is 0 Å². The van der Waals surface area contributed by atoms with E-state index in [1.54, 1.807) is 19.1 Å². The second kappa shape index (κ2) is 6.48. The van der Waals surface area contributed by atoms with Gasteiger partial charge in [-0.1, -0.05) is 30.7 Å². The molecule has 1 fully saturated rings. The Bertz CT molecular complexity index is 529. The molecule has 0 aliphatic heterocycles. The Morgan fingerprint density at radius 3 is 2.57 bits per heavy atom. The number of hydrogen-bond donors (Lipinski definition) is 1. The summed E-state index contributed by atoms with van der Waals surface area (Å²) in [5, 5.41) is 3.46. The third-order valence-electron chi connectivity index (χ3n) is 3.81. The zero-order valence-electron chi connectivity index (χ0n) is 12.3. The summed E-state index contributed by atoms with van der Waals surface area (Å²) >= 11 is 5.88. The number of hydrogen-bond acceptors (Lipinski definition) is 3. The van der Waals surface area contributed by atoms with Gasteiger partial charge in [0.05, 0.1) is 6.61 Å². The lowest BCUT2D eigenvalue weighted by Gasteiger charge is -2.16. The van der Waals surface area contributed by atoms with Crippen LogP contribution in [0.2, 0.25) is 5.02 Å². The first-order valence-electron chi connectivity index (χ1n) is 7.27. The van der Waals surface area contributed by atoms with Crippen LogP contribution in [0.25, 0.3) is 0 Å². The van der Waals surface area contributed by atoms with E-state index in [9.17, 15) is 9.59 Å². The minimum Gasteiger partial charge on any atom is -0.465 e.